The standard InChI is InChI=1S/C24H28F3N3O4/c1-34-21-17(22(32)24(25,26)27)12-15(30-9-5-2-6-10-30)13-19(21)29-23(33)28-18-11-14-7-3-4-8-16(14)20(18)31/h3-4,7-8,12-13,18,20,22,31-32H,2,5-6,9-11H2,1H3,(H2,28,29,33)/t18-,20-,22?/m1/s1. The molecule has 4 rings (SSSR count). The fraction of sp³-hybridized carbons (Fsp3) is 0.458. The molecule has 2 aromatic rings. The van der Waals surface area contributed by atoms with Crippen molar-refractivity contribution in [2.45, 2.75) is 50.1 Å². The average Bonchev–Trinajstić information content (AvgIpc) is 3.13. The van der Waals surface area contributed by atoms with Gasteiger partial charge in [-0.15, -0.1) is 0 Å². The van der Waals surface area contributed by atoms with Gasteiger partial charge in [-0.1, -0.05) is 24.3 Å². The summed E-state index contributed by atoms with van der Waals surface area (Å²) in [6, 6.07) is 8.84. The molecule has 0 spiro atoms. The van der Waals surface area contributed by atoms with Crippen molar-refractivity contribution in [1.29, 1.82) is 0 Å². The van der Waals surface area contributed by atoms with Gasteiger partial charge in [-0.3, -0.25) is 0 Å². The highest BCUT2D eigenvalue weighted by Gasteiger charge is 2.42. The highest BCUT2D eigenvalue weighted by Crippen LogP contribution is 2.43. The maximum absolute atomic E-state index is 13.4. The van der Waals surface area contributed by atoms with E-state index < -0.39 is 36.0 Å². The summed E-state index contributed by atoms with van der Waals surface area (Å²) in [6.45, 7) is 1.32. The fourth-order valence-electron chi connectivity index (χ4n) is 4.70. The first-order chi connectivity index (χ1) is 16.2. The molecular formula is C24H28F3N3O4. The molecule has 34 heavy (non-hydrogen) atoms. The van der Waals surface area contributed by atoms with Crippen LogP contribution in [0.4, 0.5) is 29.3 Å². The number of piperidine rings is 1. The van der Waals surface area contributed by atoms with Crippen molar-refractivity contribution in [3.8, 4) is 5.75 Å². The number of rotatable bonds is 5. The molecule has 1 saturated heterocycles. The molecule has 1 aliphatic carbocycles. The minimum absolute atomic E-state index is 0.00590. The van der Waals surface area contributed by atoms with Crippen molar-refractivity contribution in [2.24, 2.45) is 0 Å². The molecule has 10 heteroatoms. The number of fused-ring (bicyclic) bond motifs is 1. The molecule has 0 aromatic heterocycles. The lowest BCUT2D eigenvalue weighted by atomic mass is 10.0. The highest BCUT2D eigenvalue weighted by atomic mass is 19.4. The molecule has 2 aliphatic rings. The van der Waals surface area contributed by atoms with Crippen LogP contribution in [0.15, 0.2) is 36.4 Å². The third-order valence-corrected chi connectivity index (χ3v) is 6.39. The lowest BCUT2D eigenvalue weighted by Gasteiger charge is -2.31. The summed E-state index contributed by atoms with van der Waals surface area (Å²) in [4.78, 5) is 14.7. The highest BCUT2D eigenvalue weighted by molar-refractivity contribution is 5.92. The van der Waals surface area contributed by atoms with Crippen molar-refractivity contribution in [1.82, 2.24) is 5.32 Å². The van der Waals surface area contributed by atoms with Gasteiger partial charge >= 0.3 is 12.2 Å². The molecule has 7 nitrogen and oxygen atoms in total. The summed E-state index contributed by atoms with van der Waals surface area (Å²) in [5.74, 6) is -0.268. The van der Waals surface area contributed by atoms with Crippen LogP contribution >= 0.6 is 0 Å². The van der Waals surface area contributed by atoms with E-state index in [1.807, 2.05) is 17.0 Å². The van der Waals surface area contributed by atoms with E-state index in [2.05, 4.69) is 10.6 Å². The van der Waals surface area contributed by atoms with Gasteiger partial charge < -0.3 is 30.5 Å². The number of hydrogen-bond acceptors (Lipinski definition) is 5. The number of methoxy groups -OCH3 is 1. The Morgan fingerprint density at radius 3 is 2.53 bits per heavy atom. The van der Waals surface area contributed by atoms with Gasteiger partial charge in [0.05, 0.1) is 24.9 Å². The Morgan fingerprint density at radius 1 is 1.18 bits per heavy atom. The maximum atomic E-state index is 13.4. The Balaban J connectivity index is 1.61. The number of nitrogens with one attached hydrogen (secondary N) is 2. The summed E-state index contributed by atoms with van der Waals surface area (Å²) >= 11 is 0. The number of nitrogens with zero attached hydrogens (tertiary/aromatic N) is 1. The second-order valence-corrected chi connectivity index (χ2v) is 8.66. The average molecular weight is 479 g/mol. The van der Waals surface area contributed by atoms with Crippen LogP contribution in [0.2, 0.25) is 0 Å². The molecule has 1 heterocycles. The number of carbonyl (C=O) groups is 1. The number of aliphatic hydroxyl groups excluding tert-OH is 2. The van der Waals surface area contributed by atoms with Crippen LogP contribution in [0.3, 0.4) is 0 Å². The number of carbonyl (C=O) groups excluding carboxylic acids is 1. The molecule has 1 unspecified atom stereocenters. The fourth-order valence-corrected chi connectivity index (χ4v) is 4.70. The van der Waals surface area contributed by atoms with Crippen LogP contribution in [0.1, 0.15) is 48.2 Å². The molecule has 1 fully saturated rings. The molecule has 184 valence electrons. The van der Waals surface area contributed by atoms with Crippen molar-refractivity contribution >= 4 is 17.4 Å². The number of amides is 2. The van der Waals surface area contributed by atoms with Crippen molar-refractivity contribution < 1.29 is 32.9 Å². The van der Waals surface area contributed by atoms with E-state index in [9.17, 15) is 28.2 Å². The first kappa shape index (κ1) is 24.2. The summed E-state index contributed by atoms with van der Waals surface area (Å²) in [5, 5.41) is 25.8. The van der Waals surface area contributed by atoms with Crippen molar-refractivity contribution in [3.05, 3.63) is 53.1 Å². The van der Waals surface area contributed by atoms with Crippen LogP contribution in [0.5, 0.6) is 5.75 Å². The largest absolute Gasteiger partial charge is 0.494 e. The monoisotopic (exact) mass is 479 g/mol. The molecule has 4 N–H and O–H groups in total. The van der Waals surface area contributed by atoms with Gasteiger partial charge in [-0.2, -0.15) is 13.2 Å². The Hall–Kier alpha value is -2.98. The lowest BCUT2D eigenvalue weighted by molar-refractivity contribution is -0.207. The van der Waals surface area contributed by atoms with Gasteiger partial charge in [0.15, 0.2) is 6.10 Å². The van der Waals surface area contributed by atoms with E-state index in [1.165, 1.54) is 13.2 Å². The SMILES string of the molecule is COc1c(NC(=O)N[C@@H]2Cc3ccccc3[C@H]2O)cc(N2CCCCC2)cc1C(O)C(F)(F)F. The van der Waals surface area contributed by atoms with Gasteiger partial charge in [0, 0.05) is 24.3 Å². The smallest absolute Gasteiger partial charge is 0.418 e. The van der Waals surface area contributed by atoms with E-state index in [1.54, 1.807) is 18.2 Å². The van der Waals surface area contributed by atoms with E-state index >= 15 is 0 Å². The third-order valence-electron chi connectivity index (χ3n) is 6.39. The quantitative estimate of drug-likeness (QED) is 0.519. The molecule has 3 atom stereocenters. The normalized spacial score (nSPS) is 21.1. The second kappa shape index (κ2) is 9.71. The zero-order valence-electron chi connectivity index (χ0n) is 18.7. The Morgan fingerprint density at radius 2 is 1.88 bits per heavy atom. The van der Waals surface area contributed by atoms with Gasteiger partial charge in [0.2, 0.25) is 0 Å². The molecule has 1 aliphatic heterocycles. The van der Waals surface area contributed by atoms with E-state index in [0.717, 1.165) is 30.4 Å². The first-order valence-electron chi connectivity index (χ1n) is 11.2. The van der Waals surface area contributed by atoms with Gasteiger partial charge in [0.1, 0.15) is 5.75 Å². The lowest BCUT2D eigenvalue weighted by Crippen LogP contribution is -2.40. The summed E-state index contributed by atoms with van der Waals surface area (Å²) in [7, 11) is 1.18. The zero-order chi connectivity index (χ0) is 24.5. The van der Waals surface area contributed by atoms with E-state index in [4.69, 9.17) is 4.74 Å². The third kappa shape index (κ3) is 4.92. The van der Waals surface area contributed by atoms with Crippen LogP contribution in [-0.2, 0) is 6.42 Å². The van der Waals surface area contributed by atoms with Gasteiger partial charge in [-0.25, -0.2) is 4.79 Å². The predicted molar refractivity (Wildman–Crippen MR) is 121 cm³/mol. The van der Waals surface area contributed by atoms with Crippen LogP contribution < -0.4 is 20.3 Å². The Labute approximate surface area is 195 Å². The Kier molecular flexibility index (Phi) is 6.90. The van der Waals surface area contributed by atoms with Crippen LogP contribution in [-0.4, -0.2) is 48.7 Å². The Bertz CT molecular complexity index is 1040. The minimum Gasteiger partial charge on any atom is -0.494 e. The molecule has 2 aromatic carbocycles. The zero-order valence-corrected chi connectivity index (χ0v) is 18.7. The summed E-state index contributed by atoms with van der Waals surface area (Å²) < 4.78 is 45.5. The van der Waals surface area contributed by atoms with E-state index in [-0.39, 0.29) is 11.4 Å². The summed E-state index contributed by atoms with van der Waals surface area (Å²) in [6.07, 6.45) is -5.34. The molecule has 2 amide bonds. The summed E-state index contributed by atoms with van der Waals surface area (Å²) in [5.41, 5.74) is 1.64. The van der Waals surface area contributed by atoms with E-state index in [0.29, 0.717) is 25.2 Å². The number of urea groups is 1. The maximum Gasteiger partial charge on any atom is 0.418 e. The van der Waals surface area contributed by atoms with Crippen molar-refractivity contribution in [3.63, 3.8) is 0 Å². The van der Waals surface area contributed by atoms with Gasteiger partial charge in [-0.05, 0) is 48.9 Å². The first-order valence-corrected chi connectivity index (χ1v) is 11.2. The van der Waals surface area contributed by atoms with Crippen molar-refractivity contribution in [2.75, 3.05) is 30.4 Å². The number of aliphatic hydroxyl groups is 2. The number of ether oxygens (including phenoxy) is 1. The second-order valence-electron chi connectivity index (χ2n) is 8.66. The number of hydrogen-bond donors (Lipinski definition) is 4. The molecule has 0 bridgehead atoms. The van der Waals surface area contributed by atoms with Crippen LogP contribution in [0.25, 0.3) is 0 Å². The van der Waals surface area contributed by atoms with Crippen LogP contribution in [0, 0.1) is 0 Å². The molecular weight excluding hydrogens is 451 g/mol. The number of anilines is 2. The molecule has 0 radical (unpaired) electrons. The minimum atomic E-state index is -4.91. The predicted octanol–water partition coefficient (Wildman–Crippen LogP) is 4.06. The number of halogens is 3. The number of alkyl halides is 3. The number of benzene rings is 2. The molecule has 0 saturated carbocycles. The van der Waals surface area contributed by atoms with Gasteiger partial charge in [0.25, 0.3) is 0 Å². The topological polar surface area (TPSA) is 94.1 Å².